The van der Waals surface area contributed by atoms with E-state index in [-0.39, 0.29) is 32.8 Å². The van der Waals surface area contributed by atoms with Crippen molar-refractivity contribution in [3.05, 3.63) is 53.6 Å². The maximum atomic E-state index is 10.8. The monoisotopic (exact) mass is 492 g/mol. The summed E-state index contributed by atoms with van der Waals surface area (Å²) in [5.74, 6) is -1.22. The SMILES string of the molecule is C=CC(=O)OCC(O)COC(=O)CC.C=CC(=O)OCC(O)COc1ccc(Cl)cc1Cl. The van der Waals surface area contributed by atoms with E-state index < -0.39 is 30.1 Å². The van der Waals surface area contributed by atoms with E-state index >= 15 is 0 Å². The quantitative estimate of drug-likeness (QED) is 0.256. The van der Waals surface area contributed by atoms with E-state index in [1.807, 2.05) is 0 Å². The Hall–Kier alpha value is -2.59. The van der Waals surface area contributed by atoms with Crippen LogP contribution in [0.5, 0.6) is 5.75 Å². The Morgan fingerprint density at radius 2 is 1.44 bits per heavy atom. The molecule has 1 rings (SSSR count). The third-order valence-electron chi connectivity index (χ3n) is 3.22. The number of esters is 3. The van der Waals surface area contributed by atoms with Crippen molar-refractivity contribution in [2.24, 2.45) is 0 Å². The van der Waals surface area contributed by atoms with Gasteiger partial charge in [-0.15, -0.1) is 0 Å². The van der Waals surface area contributed by atoms with Crippen molar-refractivity contribution >= 4 is 41.1 Å². The highest BCUT2D eigenvalue weighted by Crippen LogP contribution is 2.27. The van der Waals surface area contributed by atoms with E-state index in [1.54, 1.807) is 19.1 Å². The van der Waals surface area contributed by atoms with Gasteiger partial charge < -0.3 is 29.2 Å². The molecule has 0 aromatic heterocycles. The molecule has 0 saturated heterocycles. The van der Waals surface area contributed by atoms with E-state index in [9.17, 15) is 19.5 Å². The summed E-state index contributed by atoms with van der Waals surface area (Å²) < 4.78 is 19.0. The first-order valence-corrected chi connectivity index (χ1v) is 10.1. The van der Waals surface area contributed by atoms with Gasteiger partial charge in [0.05, 0.1) is 5.02 Å². The minimum Gasteiger partial charge on any atom is -0.489 e. The Kier molecular flexibility index (Phi) is 15.6. The van der Waals surface area contributed by atoms with Crippen LogP contribution in [0.4, 0.5) is 0 Å². The highest BCUT2D eigenvalue weighted by molar-refractivity contribution is 6.35. The molecule has 0 bridgehead atoms. The molecule has 2 atom stereocenters. The average Bonchev–Trinajstić information content (AvgIpc) is 2.78. The fourth-order valence-corrected chi connectivity index (χ4v) is 2.10. The number of hydrogen-bond acceptors (Lipinski definition) is 9. The smallest absolute Gasteiger partial charge is 0.330 e. The molecule has 0 saturated carbocycles. The number of hydrogen-bond donors (Lipinski definition) is 2. The molecule has 0 radical (unpaired) electrons. The Balaban J connectivity index is 0.000000622. The molecule has 1 aromatic rings. The van der Waals surface area contributed by atoms with Gasteiger partial charge >= 0.3 is 17.9 Å². The lowest BCUT2D eigenvalue weighted by atomic mass is 10.3. The van der Waals surface area contributed by atoms with Gasteiger partial charge in [0.15, 0.2) is 0 Å². The Morgan fingerprint density at radius 1 is 0.938 bits per heavy atom. The highest BCUT2D eigenvalue weighted by atomic mass is 35.5. The molecule has 178 valence electrons. The maximum absolute atomic E-state index is 10.8. The number of ether oxygens (including phenoxy) is 4. The molecule has 0 aliphatic rings. The van der Waals surface area contributed by atoms with E-state index in [0.29, 0.717) is 15.8 Å². The van der Waals surface area contributed by atoms with Crippen LogP contribution in [0.15, 0.2) is 43.5 Å². The summed E-state index contributed by atoms with van der Waals surface area (Å²) >= 11 is 11.6. The number of carbonyl (C=O) groups is 3. The third-order valence-corrected chi connectivity index (χ3v) is 3.75. The third kappa shape index (κ3) is 14.4. The van der Waals surface area contributed by atoms with Gasteiger partial charge in [-0.25, -0.2) is 9.59 Å². The van der Waals surface area contributed by atoms with Crippen LogP contribution >= 0.6 is 23.2 Å². The van der Waals surface area contributed by atoms with Gasteiger partial charge in [0.2, 0.25) is 0 Å². The lowest BCUT2D eigenvalue weighted by molar-refractivity contribution is -0.149. The zero-order valence-electron chi connectivity index (χ0n) is 17.5. The molecule has 2 N–H and O–H groups in total. The van der Waals surface area contributed by atoms with Crippen LogP contribution in [0, 0.1) is 0 Å². The Labute approximate surface area is 196 Å². The molecular weight excluding hydrogens is 467 g/mol. The predicted molar refractivity (Wildman–Crippen MR) is 118 cm³/mol. The summed E-state index contributed by atoms with van der Waals surface area (Å²) in [6.07, 6.45) is 0.322. The zero-order valence-corrected chi connectivity index (χ0v) is 19.0. The number of rotatable bonds is 12. The second-order valence-electron chi connectivity index (χ2n) is 5.90. The van der Waals surface area contributed by atoms with Gasteiger partial charge in [0.1, 0.15) is 44.4 Å². The van der Waals surface area contributed by atoms with Crippen molar-refractivity contribution in [2.45, 2.75) is 25.6 Å². The van der Waals surface area contributed by atoms with Crippen LogP contribution in [0.3, 0.4) is 0 Å². The molecule has 0 aliphatic heterocycles. The Bertz CT molecular complexity index is 768. The van der Waals surface area contributed by atoms with Crippen molar-refractivity contribution in [3.8, 4) is 5.75 Å². The molecule has 0 aliphatic carbocycles. The van der Waals surface area contributed by atoms with Gasteiger partial charge in [0, 0.05) is 23.6 Å². The second kappa shape index (κ2) is 17.0. The topological polar surface area (TPSA) is 129 Å². The van der Waals surface area contributed by atoms with Gasteiger partial charge in [-0.2, -0.15) is 0 Å². The molecule has 1 aromatic carbocycles. The van der Waals surface area contributed by atoms with Gasteiger partial charge in [-0.05, 0) is 18.2 Å². The van der Waals surface area contributed by atoms with Crippen LogP contribution in [-0.4, -0.2) is 66.8 Å². The number of halogens is 2. The van der Waals surface area contributed by atoms with Crippen molar-refractivity contribution in [2.75, 3.05) is 26.4 Å². The number of aliphatic hydroxyl groups is 2. The summed E-state index contributed by atoms with van der Waals surface area (Å²) in [6, 6.07) is 4.74. The van der Waals surface area contributed by atoms with Crippen molar-refractivity contribution < 1.29 is 43.5 Å². The zero-order chi connectivity index (χ0) is 24.5. The number of benzene rings is 1. The fourth-order valence-electron chi connectivity index (χ4n) is 1.64. The van der Waals surface area contributed by atoms with Crippen LogP contribution in [0.2, 0.25) is 10.0 Å². The van der Waals surface area contributed by atoms with Gasteiger partial charge in [-0.1, -0.05) is 43.3 Å². The first-order valence-electron chi connectivity index (χ1n) is 9.30. The summed E-state index contributed by atoms with van der Waals surface area (Å²) in [5, 5.41) is 19.5. The summed E-state index contributed by atoms with van der Waals surface area (Å²) in [4.78, 5) is 32.0. The molecule has 2 unspecified atom stereocenters. The minimum absolute atomic E-state index is 0.0498. The van der Waals surface area contributed by atoms with Crippen LogP contribution in [-0.2, 0) is 28.6 Å². The van der Waals surface area contributed by atoms with E-state index in [2.05, 4.69) is 27.4 Å². The molecule has 0 fully saturated rings. The molecule has 0 amide bonds. The van der Waals surface area contributed by atoms with Crippen molar-refractivity contribution in [1.82, 2.24) is 0 Å². The van der Waals surface area contributed by atoms with E-state index in [0.717, 1.165) is 12.2 Å². The average molecular weight is 493 g/mol. The predicted octanol–water partition coefficient (Wildman–Crippen LogP) is 2.49. The molecule has 0 heterocycles. The van der Waals surface area contributed by atoms with E-state index in [1.165, 1.54) is 6.07 Å². The fraction of sp³-hybridized carbons (Fsp3) is 0.381. The van der Waals surface area contributed by atoms with Crippen LogP contribution < -0.4 is 4.74 Å². The normalized spacial score (nSPS) is 11.7. The first kappa shape index (κ1) is 29.4. The summed E-state index contributed by atoms with van der Waals surface area (Å²) in [7, 11) is 0. The van der Waals surface area contributed by atoms with Crippen molar-refractivity contribution in [3.63, 3.8) is 0 Å². The van der Waals surface area contributed by atoms with Gasteiger partial charge in [-0.3, -0.25) is 4.79 Å². The first-order chi connectivity index (χ1) is 15.1. The van der Waals surface area contributed by atoms with Crippen LogP contribution in [0.1, 0.15) is 13.3 Å². The largest absolute Gasteiger partial charge is 0.489 e. The molecule has 0 spiro atoms. The lowest BCUT2D eigenvalue weighted by Gasteiger charge is -2.13. The lowest BCUT2D eigenvalue weighted by Crippen LogP contribution is -2.24. The Morgan fingerprint density at radius 3 is 1.91 bits per heavy atom. The number of aliphatic hydroxyl groups excluding tert-OH is 2. The molecular formula is C21H26Cl2O9. The molecule has 32 heavy (non-hydrogen) atoms. The summed E-state index contributed by atoms with van der Waals surface area (Å²) in [5.41, 5.74) is 0. The summed E-state index contributed by atoms with van der Waals surface area (Å²) in [6.45, 7) is 7.47. The maximum Gasteiger partial charge on any atom is 0.330 e. The van der Waals surface area contributed by atoms with Crippen molar-refractivity contribution in [1.29, 1.82) is 0 Å². The molecule has 11 heteroatoms. The minimum atomic E-state index is -0.991. The molecule has 9 nitrogen and oxygen atoms in total. The highest BCUT2D eigenvalue weighted by Gasteiger charge is 2.10. The van der Waals surface area contributed by atoms with Crippen LogP contribution in [0.25, 0.3) is 0 Å². The number of carbonyl (C=O) groups excluding carboxylic acids is 3. The van der Waals surface area contributed by atoms with E-state index in [4.69, 9.17) is 33.0 Å². The standard InChI is InChI=1S/C12H12Cl2O4.C9H14O5/c1-2-12(16)18-7-9(15)6-17-11-4-3-8(13)5-10(11)14;1-3-8(11)13-5-7(10)6-14-9(12)4-2/h2-5,9,15H,1,6-7H2;3,7,10H,1,4-6H2,2H3. The van der Waals surface area contributed by atoms with Gasteiger partial charge in [0.25, 0.3) is 0 Å². The second-order valence-corrected chi connectivity index (χ2v) is 6.74.